The molecule has 0 aliphatic rings. The number of hydrogen-bond donors (Lipinski definition) is 1. The molecule has 1 aromatic carbocycles. The molecule has 4 heteroatoms. The highest BCUT2D eigenvalue weighted by atomic mass is 15.2. The van der Waals surface area contributed by atoms with Crippen molar-refractivity contribution in [2.45, 2.75) is 33.7 Å². The molecule has 1 N–H and O–H groups in total. The average Bonchev–Trinajstić information content (AvgIpc) is 2.53. The molecule has 0 aliphatic carbocycles. The van der Waals surface area contributed by atoms with Gasteiger partial charge in [0, 0.05) is 25.2 Å². The standard InChI is InChI=1S/C17H24N4/c1-4-11-18-16-14(3)17(20-13-19-16)21(5-2)12-15-9-7-6-8-10-15/h6-10,13H,4-5,11-12H2,1-3H3,(H,18,19,20). The van der Waals surface area contributed by atoms with Crippen LogP contribution < -0.4 is 10.2 Å². The highest BCUT2D eigenvalue weighted by molar-refractivity contribution is 5.58. The van der Waals surface area contributed by atoms with Crippen molar-refractivity contribution in [1.82, 2.24) is 9.97 Å². The molecule has 112 valence electrons. The summed E-state index contributed by atoms with van der Waals surface area (Å²) < 4.78 is 0. The van der Waals surface area contributed by atoms with E-state index in [1.54, 1.807) is 6.33 Å². The van der Waals surface area contributed by atoms with E-state index in [1.807, 2.05) is 6.07 Å². The van der Waals surface area contributed by atoms with Crippen molar-refractivity contribution in [3.8, 4) is 0 Å². The van der Waals surface area contributed by atoms with Crippen LogP contribution in [0.1, 0.15) is 31.4 Å². The van der Waals surface area contributed by atoms with Crippen LogP contribution in [0.4, 0.5) is 11.6 Å². The first-order chi connectivity index (χ1) is 10.3. The highest BCUT2D eigenvalue weighted by Gasteiger charge is 2.13. The average molecular weight is 284 g/mol. The predicted molar refractivity (Wildman–Crippen MR) is 88.7 cm³/mol. The van der Waals surface area contributed by atoms with Gasteiger partial charge in [-0.1, -0.05) is 37.3 Å². The number of aromatic nitrogens is 2. The summed E-state index contributed by atoms with van der Waals surface area (Å²) in [6, 6.07) is 10.5. The molecular formula is C17H24N4. The monoisotopic (exact) mass is 284 g/mol. The molecule has 2 rings (SSSR count). The number of benzene rings is 1. The van der Waals surface area contributed by atoms with Crippen LogP contribution in [-0.2, 0) is 6.54 Å². The van der Waals surface area contributed by atoms with Crippen molar-refractivity contribution in [2.75, 3.05) is 23.3 Å². The normalized spacial score (nSPS) is 10.4. The summed E-state index contributed by atoms with van der Waals surface area (Å²) in [6.07, 6.45) is 2.73. The first kappa shape index (κ1) is 15.3. The lowest BCUT2D eigenvalue weighted by Gasteiger charge is -2.24. The lowest BCUT2D eigenvalue weighted by atomic mass is 10.2. The summed E-state index contributed by atoms with van der Waals surface area (Å²) in [4.78, 5) is 11.1. The SMILES string of the molecule is CCCNc1ncnc(N(CC)Cc2ccccc2)c1C. The molecule has 0 aliphatic heterocycles. The first-order valence-electron chi connectivity index (χ1n) is 7.60. The molecule has 0 radical (unpaired) electrons. The Hall–Kier alpha value is -2.10. The Bertz CT molecular complexity index is 554. The number of rotatable bonds is 7. The molecule has 0 saturated heterocycles. The van der Waals surface area contributed by atoms with Crippen LogP contribution in [0.15, 0.2) is 36.7 Å². The van der Waals surface area contributed by atoms with Gasteiger partial charge in [-0.3, -0.25) is 0 Å². The minimum absolute atomic E-state index is 0.864. The second-order valence-corrected chi connectivity index (χ2v) is 5.10. The van der Waals surface area contributed by atoms with E-state index < -0.39 is 0 Å². The van der Waals surface area contributed by atoms with Gasteiger partial charge in [-0.05, 0) is 25.8 Å². The van der Waals surface area contributed by atoms with E-state index in [1.165, 1.54) is 5.56 Å². The predicted octanol–water partition coefficient (Wildman–Crippen LogP) is 3.63. The van der Waals surface area contributed by atoms with Gasteiger partial charge >= 0.3 is 0 Å². The van der Waals surface area contributed by atoms with Gasteiger partial charge in [-0.2, -0.15) is 0 Å². The first-order valence-corrected chi connectivity index (χ1v) is 7.60. The third-order valence-electron chi connectivity index (χ3n) is 3.50. The molecule has 0 amide bonds. The largest absolute Gasteiger partial charge is 0.370 e. The van der Waals surface area contributed by atoms with Gasteiger partial charge in [-0.25, -0.2) is 9.97 Å². The van der Waals surface area contributed by atoms with Gasteiger partial charge < -0.3 is 10.2 Å². The molecule has 1 heterocycles. The maximum absolute atomic E-state index is 4.49. The summed E-state index contributed by atoms with van der Waals surface area (Å²) in [5.41, 5.74) is 2.41. The number of hydrogen-bond acceptors (Lipinski definition) is 4. The third kappa shape index (κ3) is 3.94. The lowest BCUT2D eigenvalue weighted by Crippen LogP contribution is -2.24. The van der Waals surface area contributed by atoms with Crippen molar-refractivity contribution < 1.29 is 0 Å². The Morgan fingerprint density at radius 3 is 2.52 bits per heavy atom. The molecule has 4 nitrogen and oxygen atoms in total. The minimum Gasteiger partial charge on any atom is -0.370 e. The van der Waals surface area contributed by atoms with Crippen LogP contribution in [0.2, 0.25) is 0 Å². The molecule has 0 unspecified atom stereocenters. The topological polar surface area (TPSA) is 41.1 Å². The van der Waals surface area contributed by atoms with E-state index in [0.29, 0.717) is 0 Å². The third-order valence-corrected chi connectivity index (χ3v) is 3.50. The van der Waals surface area contributed by atoms with E-state index in [4.69, 9.17) is 0 Å². The van der Waals surface area contributed by atoms with Crippen molar-refractivity contribution in [1.29, 1.82) is 0 Å². The van der Waals surface area contributed by atoms with E-state index in [0.717, 1.165) is 43.3 Å². The van der Waals surface area contributed by atoms with Gasteiger partial charge in [0.25, 0.3) is 0 Å². The van der Waals surface area contributed by atoms with Crippen LogP contribution in [0.5, 0.6) is 0 Å². The molecule has 0 saturated carbocycles. The highest BCUT2D eigenvalue weighted by Crippen LogP contribution is 2.23. The van der Waals surface area contributed by atoms with Gasteiger partial charge in [0.1, 0.15) is 18.0 Å². The Morgan fingerprint density at radius 2 is 1.86 bits per heavy atom. The van der Waals surface area contributed by atoms with Crippen LogP contribution in [0, 0.1) is 6.92 Å². The maximum Gasteiger partial charge on any atom is 0.137 e. The quantitative estimate of drug-likeness (QED) is 0.843. The van der Waals surface area contributed by atoms with Crippen molar-refractivity contribution in [3.05, 3.63) is 47.8 Å². The van der Waals surface area contributed by atoms with Gasteiger partial charge in [-0.15, -0.1) is 0 Å². The number of nitrogens with one attached hydrogen (secondary N) is 1. The van der Waals surface area contributed by atoms with Crippen LogP contribution in [0.3, 0.4) is 0 Å². The smallest absolute Gasteiger partial charge is 0.137 e. The Morgan fingerprint density at radius 1 is 1.10 bits per heavy atom. The Balaban J connectivity index is 2.21. The number of nitrogens with zero attached hydrogens (tertiary/aromatic N) is 3. The van der Waals surface area contributed by atoms with Crippen molar-refractivity contribution in [3.63, 3.8) is 0 Å². The molecular weight excluding hydrogens is 260 g/mol. The molecule has 0 bridgehead atoms. The van der Waals surface area contributed by atoms with Crippen LogP contribution in [0.25, 0.3) is 0 Å². The molecule has 0 fully saturated rings. The molecule has 2 aromatic rings. The van der Waals surface area contributed by atoms with E-state index in [9.17, 15) is 0 Å². The van der Waals surface area contributed by atoms with Gasteiger partial charge in [0.05, 0.1) is 0 Å². The maximum atomic E-state index is 4.49. The fraction of sp³-hybridized carbons (Fsp3) is 0.412. The summed E-state index contributed by atoms with van der Waals surface area (Å²) >= 11 is 0. The summed E-state index contributed by atoms with van der Waals surface area (Å²) in [7, 11) is 0. The lowest BCUT2D eigenvalue weighted by molar-refractivity contribution is 0.804. The van der Waals surface area contributed by atoms with Crippen molar-refractivity contribution >= 4 is 11.6 Å². The Labute approximate surface area is 127 Å². The zero-order valence-electron chi connectivity index (χ0n) is 13.1. The molecule has 0 spiro atoms. The van der Waals surface area contributed by atoms with Crippen molar-refractivity contribution in [2.24, 2.45) is 0 Å². The van der Waals surface area contributed by atoms with E-state index >= 15 is 0 Å². The molecule has 1 aromatic heterocycles. The molecule has 21 heavy (non-hydrogen) atoms. The van der Waals surface area contributed by atoms with Gasteiger partial charge in [0.15, 0.2) is 0 Å². The fourth-order valence-corrected chi connectivity index (χ4v) is 2.32. The van der Waals surface area contributed by atoms with Gasteiger partial charge in [0.2, 0.25) is 0 Å². The summed E-state index contributed by atoms with van der Waals surface area (Å²) in [5.74, 6) is 1.95. The second-order valence-electron chi connectivity index (χ2n) is 5.10. The number of anilines is 2. The summed E-state index contributed by atoms with van der Waals surface area (Å²) in [6.45, 7) is 9.10. The molecule has 0 atom stereocenters. The second kappa shape index (κ2) is 7.62. The summed E-state index contributed by atoms with van der Waals surface area (Å²) in [5, 5.41) is 3.37. The minimum atomic E-state index is 0.864. The Kier molecular flexibility index (Phi) is 5.55. The van der Waals surface area contributed by atoms with Crippen LogP contribution in [-0.4, -0.2) is 23.1 Å². The van der Waals surface area contributed by atoms with Crippen LogP contribution >= 0.6 is 0 Å². The van der Waals surface area contributed by atoms with E-state index in [-0.39, 0.29) is 0 Å². The zero-order chi connectivity index (χ0) is 15.1. The zero-order valence-corrected chi connectivity index (χ0v) is 13.1. The fourth-order valence-electron chi connectivity index (χ4n) is 2.32. The van der Waals surface area contributed by atoms with E-state index in [2.05, 4.69) is 65.2 Å².